The highest BCUT2D eigenvalue weighted by Gasteiger charge is 2.33. The molecular weight excluding hydrogens is 265 g/mol. The summed E-state index contributed by atoms with van der Waals surface area (Å²) < 4.78 is 22.6. The number of hydrogen-bond donors (Lipinski definition) is 3. The molecule has 0 radical (unpaired) electrons. The molecule has 17 heavy (non-hydrogen) atoms. The first-order chi connectivity index (χ1) is 7.70. The van der Waals surface area contributed by atoms with Gasteiger partial charge in [-0.2, -0.15) is 12.6 Å². The van der Waals surface area contributed by atoms with E-state index in [-0.39, 0.29) is 18.0 Å². The zero-order chi connectivity index (χ0) is 13.6. The van der Waals surface area contributed by atoms with Crippen molar-refractivity contribution in [1.29, 1.82) is 0 Å². The third-order valence-electron chi connectivity index (χ3n) is 1.49. The molecule has 0 heterocycles. The smallest absolute Gasteiger partial charge is 0.406 e. The van der Waals surface area contributed by atoms with E-state index >= 15 is 0 Å². The van der Waals surface area contributed by atoms with Crippen molar-refractivity contribution in [3.05, 3.63) is 0 Å². The monoisotopic (exact) mass is 285 g/mol. The predicted molar refractivity (Wildman–Crippen MR) is 68.5 cm³/mol. The van der Waals surface area contributed by atoms with Gasteiger partial charge in [-0.25, -0.2) is 9.65 Å². The summed E-state index contributed by atoms with van der Waals surface area (Å²) in [6, 6.07) is -1.08. The average molecular weight is 285 g/mol. The summed E-state index contributed by atoms with van der Waals surface area (Å²) in [5, 5.41) is 11.2. The molecule has 1 atom stereocenters. The molecule has 6 nitrogen and oxygen atoms in total. The summed E-state index contributed by atoms with van der Waals surface area (Å²) >= 11 is 3.87. The second-order valence-electron chi connectivity index (χ2n) is 4.01. The lowest BCUT2D eigenvalue weighted by Gasteiger charge is -2.25. The van der Waals surface area contributed by atoms with Crippen LogP contribution in [0.15, 0.2) is 0 Å². The third kappa shape index (κ3) is 7.06. The van der Waals surface area contributed by atoms with Crippen LogP contribution in [0.3, 0.4) is 0 Å². The number of nitrogens with one attached hydrogen (secondary N) is 1. The van der Waals surface area contributed by atoms with Gasteiger partial charge in [-0.15, -0.1) is 0 Å². The summed E-state index contributed by atoms with van der Waals surface area (Å²) in [5.41, 5.74) is 0. The van der Waals surface area contributed by atoms with Crippen LogP contribution in [0.25, 0.3) is 0 Å². The van der Waals surface area contributed by atoms with Crippen molar-refractivity contribution in [3.63, 3.8) is 0 Å². The Hall–Kier alpha value is -0.0700. The van der Waals surface area contributed by atoms with Crippen molar-refractivity contribution >= 4 is 26.3 Å². The maximum absolute atomic E-state index is 12.3. The van der Waals surface area contributed by atoms with Crippen LogP contribution < -0.4 is 5.09 Å². The summed E-state index contributed by atoms with van der Waals surface area (Å²) in [6.45, 7) is 6.76. The van der Waals surface area contributed by atoms with E-state index in [0.29, 0.717) is 0 Å². The van der Waals surface area contributed by atoms with Crippen molar-refractivity contribution in [2.24, 2.45) is 0 Å². The molecule has 0 aromatic carbocycles. The number of thiol groups is 1. The molecule has 0 amide bonds. The molecule has 0 saturated carbocycles. The highest BCUT2D eigenvalue weighted by atomic mass is 32.1. The Balaban J connectivity index is 4.79. The van der Waals surface area contributed by atoms with Gasteiger partial charge in [-0.1, -0.05) is 0 Å². The summed E-state index contributed by atoms with van der Waals surface area (Å²) in [7, 11) is -3.64. The standard InChI is InChI=1S/C9H20NO5PS/c1-6(2)14-16(13,15-7(3)4)10-8(5-17)9(11)12/h6-8,17H,5H2,1-4H3,(H,10,13)(H,11,12)/t8-/m0/s1. The Morgan fingerprint density at radius 3 is 1.94 bits per heavy atom. The molecule has 0 aliphatic heterocycles. The van der Waals surface area contributed by atoms with E-state index in [2.05, 4.69) is 17.7 Å². The van der Waals surface area contributed by atoms with Gasteiger partial charge in [-0.3, -0.25) is 13.8 Å². The van der Waals surface area contributed by atoms with Crippen molar-refractivity contribution in [3.8, 4) is 0 Å². The SMILES string of the molecule is CC(C)OP(=O)(N[C@@H](CS)C(=O)O)OC(C)C. The van der Waals surface area contributed by atoms with E-state index in [0.717, 1.165) is 0 Å². The lowest BCUT2D eigenvalue weighted by Crippen LogP contribution is -2.38. The van der Waals surface area contributed by atoms with Crippen molar-refractivity contribution in [2.75, 3.05) is 5.75 Å². The Morgan fingerprint density at radius 1 is 1.29 bits per heavy atom. The molecule has 0 aliphatic carbocycles. The topological polar surface area (TPSA) is 84.9 Å². The van der Waals surface area contributed by atoms with Gasteiger partial charge in [0.1, 0.15) is 6.04 Å². The Kier molecular flexibility index (Phi) is 7.35. The Bertz CT molecular complexity index is 283. The first-order valence-electron chi connectivity index (χ1n) is 5.28. The number of carboxylic acid groups (broad SMARTS) is 1. The number of hydrogen-bond acceptors (Lipinski definition) is 5. The second kappa shape index (κ2) is 7.38. The molecule has 0 aromatic rings. The zero-order valence-electron chi connectivity index (χ0n) is 10.4. The van der Waals surface area contributed by atoms with E-state index in [1.165, 1.54) is 0 Å². The zero-order valence-corrected chi connectivity index (χ0v) is 12.2. The fourth-order valence-electron chi connectivity index (χ4n) is 1.01. The Morgan fingerprint density at radius 2 is 1.71 bits per heavy atom. The minimum Gasteiger partial charge on any atom is -0.480 e. The predicted octanol–water partition coefficient (Wildman–Crippen LogP) is 1.92. The fraction of sp³-hybridized carbons (Fsp3) is 0.889. The second-order valence-corrected chi connectivity index (χ2v) is 6.05. The molecule has 0 bridgehead atoms. The molecule has 0 spiro atoms. The first-order valence-corrected chi connectivity index (χ1v) is 7.46. The van der Waals surface area contributed by atoms with Gasteiger partial charge in [0.25, 0.3) is 0 Å². The van der Waals surface area contributed by atoms with Crippen molar-refractivity contribution in [2.45, 2.75) is 45.9 Å². The lowest BCUT2D eigenvalue weighted by molar-refractivity contribution is -0.138. The van der Waals surface area contributed by atoms with Gasteiger partial charge >= 0.3 is 13.7 Å². The molecular formula is C9H20NO5PS. The van der Waals surface area contributed by atoms with Crippen molar-refractivity contribution < 1.29 is 23.5 Å². The lowest BCUT2D eigenvalue weighted by atomic mass is 10.4. The number of carboxylic acids is 1. The van der Waals surface area contributed by atoms with Crippen LogP contribution in [0.1, 0.15) is 27.7 Å². The maximum atomic E-state index is 12.3. The van der Waals surface area contributed by atoms with Gasteiger partial charge in [0.2, 0.25) is 0 Å². The molecule has 0 aliphatic rings. The molecule has 2 N–H and O–H groups in total. The quantitative estimate of drug-likeness (QED) is 0.466. The van der Waals surface area contributed by atoms with Gasteiger partial charge in [0.15, 0.2) is 0 Å². The van der Waals surface area contributed by atoms with Gasteiger partial charge in [0, 0.05) is 5.75 Å². The number of rotatable bonds is 8. The van der Waals surface area contributed by atoms with E-state index in [9.17, 15) is 9.36 Å². The fourth-order valence-corrected chi connectivity index (χ4v) is 3.26. The molecule has 0 saturated heterocycles. The largest absolute Gasteiger partial charge is 0.480 e. The number of aliphatic carboxylic acids is 1. The Labute approximate surface area is 107 Å². The van der Waals surface area contributed by atoms with Gasteiger partial charge in [-0.05, 0) is 27.7 Å². The summed E-state index contributed by atoms with van der Waals surface area (Å²) in [6.07, 6.45) is -0.692. The van der Waals surface area contributed by atoms with Crippen LogP contribution in [0.2, 0.25) is 0 Å². The minimum atomic E-state index is -3.64. The van der Waals surface area contributed by atoms with Crippen LogP contribution in [-0.2, 0) is 18.4 Å². The summed E-state index contributed by atoms with van der Waals surface area (Å²) in [5.74, 6) is -1.16. The molecule has 0 aromatic heterocycles. The summed E-state index contributed by atoms with van der Waals surface area (Å²) in [4.78, 5) is 10.8. The van der Waals surface area contributed by atoms with Gasteiger partial charge < -0.3 is 5.11 Å². The van der Waals surface area contributed by atoms with E-state index < -0.39 is 19.8 Å². The van der Waals surface area contributed by atoms with E-state index in [1.807, 2.05) is 0 Å². The molecule has 0 rings (SSSR count). The van der Waals surface area contributed by atoms with E-state index in [4.69, 9.17) is 14.2 Å². The average Bonchev–Trinajstić information content (AvgIpc) is 2.10. The molecule has 0 unspecified atom stereocenters. The maximum Gasteiger partial charge on any atom is 0.406 e. The van der Waals surface area contributed by atoms with Gasteiger partial charge in [0.05, 0.1) is 12.2 Å². The molecule has 0 fully saturated rings. The molecule has 102 valence electrons. The van der Waals surface area contributed by atoms with E-state index in [1.54, 1.807) is 27.7 Å². The van der Waals surface area contributed by atoms with Crippen LogP contribution >= 0.6 is 20.4 Å². The van der Waals surface area contributed by atoms with Crippen LogP contribution in [0.4, 0.5) is 0 Å². The normalized spacial score (nSPS) is 14.3. The highest BCUT2D eigenvalue weighted by Crippen LogP contribution is 2.46. The number of carbonyl (C=O) groups is 1. The van der Waals surface area contributed by atoms with Crippen LogP contribution in [-0.4, -0.2) is 35.1 Å². The van der Waals surface area contributed by atoms with Crippen LogP contribution in [0, 0.1) is 0 Å². The van der Waals surface area contributed by atoms with Crippen LogP contribution in [0.5, 0.6) is 0 Å². The first kappa shape index (κ1) is 16.9. The third-order valence-corrected chi connectivity index (χ3v) is 3.89. The highest BCUT2D eigenvalue weighted by molar-refractivity contribution is 7.80. The molecule has 8 heteroatoms. The minimum absolute atomic E-state index is 0.0117. The van der Waals surface area contributed by atoms with Crippen molar-refractivity contribution in [1.82, 2.24) is 5.09 Å².